The minimum atomic E-state index is -0.225. The Labute approximate surface area is 160 Å². The summed E-state index contributed by atoms with van der Waals surface area (Å²) >= 11 is 0. The molecule has 1 aliphatic carbocycles. The molecule has 2 fully saturated rings. The molecule has 27 heavy (non-hydrogen) atoms. The maximum Gasteiger partial charge on any atom is 0.244 e. The fourth-order valence-corrected chi connectivity index (χ4v) is 3.88. The number of nitrogens with zero attached hydrogens (tertiary/aromatic N) is 4. The fraction of sp³-hybridized carbons (Fsp3) is 0.600. The first-order valence-corrected chi connectivity index (χ1v) is 9.85. The Kier molecular flexibility index (Phi) is 6.53. The molecule has 6 nitrogen and oxygen atoms in total. The highest BCUT2D eigenvalue weighted by atomic mass is 19.1. The smallest absolute Gasteiger partial charge is 0.244 e. The largest absolute Gasteiger partial charge is 0.370 e. The highest BCUT2D eigenvalue weighted by Crippen LogP contribution is 2.21. The first-order valence-electron chi connectivity index (χ1n) is 9.85. The molecule has 1 amide bonds. The summed E-state index contributed by atoms with van der Waals surface area (Å²) in [4.78, 5) is 22.8. The first-order chi connectivity index (χ1) is 13.0. The quantitative estimate of drug-likeness (QED) is 0.646. The van der Waals surface area contributed by atoms with E-state index in [0.717, 1.165) is 44.7 Å². The molecule has 1 saturated carbocycles. The molecular formula is C20H30FN5O. The number of nitrogens with two attached hydrogens (primary N) is 1. The van der Waals surface area contributed by atoms with Crippen molar-refractivity contribution in [2.75, 3.05) is 44.7 Å². The van der Waals surface area contributed by atoms with Gasteiger partial charge in [0, 0.05) is 45.0 Å². The molecule has 2 aliphatic rings. The van der Waals surface area contributed by atoms with Crippen LogP contribution in [0.5, 0.6) is 0 Å². The maximum absolute atomic E-state index is 13.1. The number of anilines is 1. The SMILES string of the molecule is CN(C(=O)CN=C(N)N1CCN(c2ccc(F)cc2)CC1)C1CCCCC1. The molecule has 7 heteroatoms. The molecular weight excluding hydrogens is 345 g/mol. The third kappa shape index (κ3) is 5.11. The lowest BCUT2D eigenvalue weighted by Crippen LogP contribution is -2.51. The normalized spacial score (nSPS) is 19.3. The minimum absolute atomic E-state index is 0.0369. The molecule has 1 heterocycles. The summed E-state index contributed by atoms with van der Waals surface area (Å²) in [7, 11) is 1.88. The van der Waals surface area contributed by atoms with Gasteiger partial charge in [-0.25, -0.2) is 9.38 Å². The summed E-state index contributed by atoms with van der Waals surface area (Å²) in [5.41, 5.74) is 7.13. The van der Waals surface area contributed by atoms with Gasteiger partial charge in [0.25, 0.3) is 0 Å². The minimum Gasteiger partial charge on any atom is -0.370 e. The Morgan fingerprint density at radius 1 is 1.15 bits per heavy atom. The van der Waals surface area contributed by atoms with Gasteiger partial charge in [-0.15, -0.1) is 0 Å². The van der Waals surface area contributed by atoms with Gasteiger partial charge in [-0.3, -0.25) is 4.79 Å². The van der Waals surface area contributed by atoms with Crippen LogP contribution in [-0.4, -0.2) is 67.5 Å². The molecule has 1 aromatic carbocycles. The summed E-state index contributed by atoms with van der Waals surface area (Å²) < 4.78 is 13.1. The van der Waals surface area contributed by atoms with Crippen molar-refractivity contribution in [3.8, 4) is 0 Å². The van der Waals surface area contributed by atoms with Crippen LogP contribution in [0.3, 0.4) is 0 Å². The number of piperazine rings is 1. The lowest BCUT2D eigenvalue weighted by atomic mass is 9.94. The third-order valence-corrected chi connectivity index (χ3v) is 5.69. The standard InChI is InChI=1S/C20H30FN5O/c1-24(17-5-3-2-4-6-17)19(27)15-23-20(22)26-13-11-25(12-14-26)18-9-7-16(21)8-10-18/h7-10,17H,2-6,11-15H2,1H3,(H2,22,23). The van der Waals surface area contributed by atoms with E-state index in [2.05, 4.69) is 9.89 Å². The van der Waals surface area contributed by atoms with Crippen LogP contribution in [0.4, 0.5) is 10.1 Å². The van der Waals surface area contributed by atoms with E-state index in [9.17, 15) is 9.18 Å². The average Bonchev–Trinajstić information content (AvgIpc) is 2.72. The molecule has 3 rings (SSSR count). The number of hydrogen-bond acceptors (Lipinski definition) is 3. The number of guanidine groups is 1. The topological polar surface area (TPSA) is 65.2 Å². The second-order valence-corrected chi connectivity index (χ2v) is 7.42. The van der Waals surface area contributed by atoms with E-state index >= 15 is 0 Å². The second kappa shape index (κ2) is 9.06. The number of benzene rings is 1. The van der Waals surface area contributed by atoms with Crippen LogP contribution in [0.25, 0.3) is 0 Å². The molecule has 0 radical (unpaired) electrons. The van der Waals surface area contributed by atoms with Gasteiger partial charge in [0.2, 0.25) is 5.91 Å². The van der Waals surface area contributed by atoms with Gasteiger partial charge in [0.1, 0.15) is 12.4 Å². The first kappa shape index (κ1) is 19.5. The van der Waals surface area contributed by atoms with Crippen molar-refractivity contribution in [3.05, 3.63) is 30.1 Å². The van der Waals surface area contributed by atoms with Crippen molar-refractivity contribution in [2.24, 2.45) is 10.7 Å². The van der Waals surface area contributed by atoms with E-state index in [1.54, 1.807) is 12.1 Å². The Bertz CT molecular complexity index is 649. The maximum atomic E-state index is 13.1. The zero-order chi connectivity index (χ0) is 19.2. The number of likely N-dealkylation sites (N-methyl/N-ethyl adjacent to an activating group) is 1. The van der Waals surface area contributed by atoms with Crippen molar-refractivity contribution in [2.45, 2.75) is 38.1 Å². The van der Waals surface area contributed by atoms with Crippen molar-refractivity contribution in [1.29, 1.82) is 0 Å². The van der Waals surface area contributed by atoms with Crippen LogP contribution in [0.2, 0.25) is 0 Å². The van der Waals surface area contributed by atoms with E-state index in [0.29, 0.717) is 12.0 Å². The van der Waals surface area contributed by atoms with E-state index < -0.39 is 0 Å². The molecule has 1 aromatic rings. The molecule has 0 atom stereocenters. The number of halogens is 1. The third-order valence-electron chi connectivity index (χ3n) is 5.69. The van der Waals surface area contributed by atoms with E-state index in [1.165, 1.54) is 31.4 Å². The van der Waals surface area contributed by atoms with Gasteiger partial charge in [0.05, 0.1) is 0 Å². The van der Waals surface area contributed by atoms with Crippen LogP contribution >= 0.6 is 0 Å². The van der Waals surface area contributed by atoms with Gasteiger partial charge in [-0.2, -0.15) is 0 Å². The molecule has 1 aliphatic heterocycles. The van der Waals surface area contributed by atoms with Crippen LogP contribution in [0.15, 0.2) is 29.3 Å². The summed E-state index contributed by atoms with van der Waals surface area (Å²) in [6, 6.07) is 6.89. The van der Waals surface area contributed by atoms with Crippen molar-refractivity contribution < 1.29 is 9.18 Å². The number of amides is 1. The van der Waals surface area contributed by atoms with Crippen LogP contribution in [0, 0.1) is 5.82 Å². The summed E-state index contributed by atoms with van der Waals surface area (Å²) in [6.45, 7) is 3.16. The van der Waals surface area contributed by atoms with Gasteiger partial charge >= 0.3 is 0 Å². The molecule has 0 bridgehead atoms. The van der Waals surface area contributed by atoms with Crippen LogP contribution in [0.1, 0.15) is 32.1 Å². The van der Waals surface area contributed by atoms with Gasteiger partial charge in [-0.1, -0.05) is 19.3 Å². The average molecular weight is 375 g/mol. The molecule has 2 N–H and O–H groups in total. The Hall–Kier alpha value is -2.31. The van der Waals surface area contributed by atoms with E-state index in [-0.39, 0.29) is 18.3 Å². The predicted octanol–water partition coefficient (Wildman–Crippen LogP) is 2.05. The number of aliphatic imine (C=N–C) groups is 1. The number of carbonyl (C=O) groups excluding carboxylic acids is 1. The lowest BCUT2D eigenvalue weighted by Gasteiger charge is -2.36. The molecule has 0 unspecified atom stereocenters. The Morgan fingerprint density at radius 2 is 1.78 bits per heavy atom. The van der Waals surface area contributed by atoms with Crippen LogP contribution in [-0.2, 0) is 4.79 Å². The van der Waals surface area contributed by atoms with Gasteiger partial charge in [-0.05, 0) is 37.1 Å². The Balaban J connectivity index is 1.47. The summed E-state index contributed by atoms with van der Waals surface area (Å²) in [5.74, 6) is 0.241. The molecule has 1 saturated heterocycles. The highest BCUT2D eigenvalue weighted by molar-refractivity contribution is 5.84. The van der Waals surface area contributed by atoms with Gasteiger partial charge in [0.15, 0.2) is 5.96 Å². The summed E-state index contributed by atoms with van der Waals surface area (Å²) in [6.07, 6.45) is 5.85. The lowest BCUT2D eigenvalue weighted by molar-refractivity contribution is -0.130. The molecule has 0 aromatic heterocycles. The zero-order valence-electron chi connectivity index (χ0n) is 16.1. The molecule has 148 valence electrons. The van der Waals surface area contributed by atoms with Gasteiger partial charge < -0.3 is 20.4 Å². The van der Waals surface area contributed by atoms with Crippen molar-refractivity contribution in [3.63, 3.8) is 0 Å². The van der Waals surface area contributed by atoms with E-state index in [1.807, 2.05) is 16.8 Å². The molecule has 0 spiro atoms. The summed E-state index contributed by atoms with van der Waals surface area (Å²) in [5, 5.41) is 0. The fourth-order valence-electron chi connectivity index (χ4n) is 3.88. The van der Waals surface area contributed by atoms with Crippen LogP contribution < -0.4 is 10.6 Å². The monoisotopic (exact) mass is 375 g/mol. The van der Waals surface area contributed by atoms with Crippen molar-refractivity contribution >= 4 is 17.6 Å². The van der Waals surface area contributed by atoms with E-state index in [4.69, 9.17) is 5.73 Å². The van der Waals surface area contributed by atoms with Crippen molar-refractivity contribution in [1.82, 2.24) is 9.80 Å². The highest BCUT2D eigenvalue weighted by Gasteiger charge is 2.22. The predicted molar refractivity (Wildman–Crippen MR) is 106 cm³/mol. The second-order valence-electron chi connectivity index (χ2n) is 7.42. The number of rotatable bonds is 4. The number of hydrogen-bond donors (Lipinski definition) is 1. The number of carbonyl (C=O) groups is 1. The zero-order valence-corrected chi connectivity index (χ0v) is 16.1. The Morgan fingerprint density at radius 3 is 2.41 bits per heavy atom.